The Morgan fingerprint density at radius 2 is 1.79 bits per heavy atom. The Kier molecular flexibility index (Phi) is 5.51. The topological polar surface area (TPSA) is 12.0 Å². The Morgan fingerprint density at radius 3 is 2.47 bits per heavy atom. The van der Waals surface area contributed by atoms with E-state index in [1.165, 1.54) is 15.4 Å². The fraction of sp³-hybridized carbons (Fsp3) is 0.200. The summed E-state index contributed by atoms with van der Waals surface area (Å²) in [6, 6.07) is 15.1. The average molecular weight is 401 g/mol. The lowest BCUT2D eigenvalue weighted by atomic mass is 10.1. The molecule has 2 aromatic rings. The second-order valence-corrected chi connectivity index (χ2v) is 7.08. The fourth-order valence-corrected chi connectivity index (χ4v) is 3.70. The Bertz CT molecular complexity index is 572. The van der Waals surface area contributed by atoms with E-state index >= 15 is 0 Å². The normalized spacial score (nSPS) is 12.4. The van der Waals surface area contributed by atoms with Crippen molar-refractivity contribution in [2.45, 2.75) is 22.8 Å². The van der Waals surface area contributed by atoms with E-state index in [2.05, 4.69) is 80.5 Å². The standard InChI is InChI=1S/C15H15Br2NS/c1-10(18-2)12-9-11(16)7-8-14(12)19-15-6-4-3-5-13(15)17/h3-10,18H,1-2H3. The van der Waals surface area contributed by atoms with Gasteiger partial charge in [-0.2, -0.15) is 0 Å². The molecule has 0 saturated heterocycles. The zero-order valence-corrected chi connectivity index (χ0v) is 14.8. The number of nitrogens with one attached hydrogen (secondary N) is 1. The number of hydrogen-bond acceptors (Lipinski definition) is 2. The molecule has 0 bridgehead atoms. The Hall–Kier alpha value is -0.290. The highest BCUT2D eigenvalue weighted by Crippen LogP contribution is 2.37. The molecule has 0 amide bonds. The largest absolute Gasteiger partial charge is 0.313 e. The first-order valence-corrected chi connectivity index (χ1v) is 8.41. The Morgan fingerprint density at radius 1 is 1.05 bits per heavy atom. The van der Waals surface area contributed by atoms with Crippen LogP contribution < -0.4 is 5.32 Å². The van der Waals surface area contributed by atoms with Gasteiger partial charge >= 0.3 is 0 Å². The van der Waals surface area contributed by atoms with Crippen molar-refractivity contribution in [3.05, 3.63) is 57.0 Å². The van der Waals surface area contributed by atoms with Crippen molar-refractivity contribution in [1.82, 2.24) is 5.32 Å². The molecule has 0 aromatic heterocycles. The van der Waals surface area contributed by atoms with Crippen LogP contribution in [-0.4, -0.2) is 7.05 Å². The summed E-state index contributed by atoms with van der Waals surface area (Å²) in [4.78, 5) is 2.51. The van der Waals surface area contributed by atoms with Gasteiger partial charge in [-0.15, -0.1) is 0 Å². The molecule has 19 heavy (non-hydrogen) atoms. The SMILES string of the molecule is CNC(C)c1cc(Br)ccc1Sc1ccccc1Br. The lowest BCUT2D eigenvalue weighted by Crippen LogP contribution is -2.13. The van der Waals surface area contributed by atoms with Crippen LogP contribution in [0, 0.1) is 0 Å². The van der Waals surface area contributed by atoms with E-state index < -0.39 is 0 Å². The van der Waals surface area contributed by atoms with Gasteiger partial charge in [0.15, 0.2) is 0 Å². The zero-order chi connectivity index (χ0) is 13.8. The van der Waals surface area contributed by atoms with Crippen molar-refractivity contribution in [2.24, 2.45) is 0 Å². The third-order valence-electron chi connectivity index (χ3n) is 2.93. The summed E-state index contributed by atoms with van der Waals surface area (Å²) in [5, 5.41) is 3.30. The van der Waals surface area contributed by atoms with E-state index in [4.69, 9.17) is 0 Å². The van der Waals surface area contributed by atoms with Gasteiger partial charge < -0.3 is 5.32 Å². The number of rotatable bonds is 4. The van der Waals surface area contributed by atoms with Gasteiger partial charge in [-0.3, -0.25) is 0 Å². The van der Waals surface area contributed by atoms with Crippen LogP contribution in [0.15, 0.2) is 61.2 Å². The number of hydrogen-bond donors (Lipinski definition) is 1. The van der Waals surface area contributed by atoms with E-state index in [9.17, 15) is 0 Å². The van der Waals surface area contributed by atoms with E-state index in [1.54, 1.807) is 11.8 Å². The minimum Gasteiger partial charge on any atom is -0.313 e. The minimum absolute atomic E-state index is 0.322. The molecular weight excluding hydrogens is 386 g/mol. The predicted octanol–water partition coefficient (Wildman–Crippen LogP) is 5.64. The first kappa shape index (κ1) is 15.1. The third-order valence-corrected chi connectivity index (χ3v) is 5.54. The van der Waals surface area contributed by atoms with Gasteiger partial charge in [0.1, 0.15) is 0 Å². The summed E-state index contributed by atoms with van der Waals surface area (Å²) in [5.41, 5.74) is 1.30. The molecule has 0 aliphatic carbocycles. The maximum atomic E-state index is 3.60. The predicted molar refractivity (Wildman–Crippen MR) is 89.9 cm³/mol. The minimum atomic E-state index is 0.322. The molecule has 1 nitrogen and oxygen atoms in total. The molecule has 1 atom stereocenters. The molecule has 100 valence electrons. The zero-order valence-electron chi connectivity index (χ0n) is 10.8. The number of benzene rings is 2. The molecule has 4 heteroatoms. The molecule has 1 N–H and O–H groups in total. The molecule has 2 aromatic carbocycles. The molecule has 0 spiro atoms. The lowest BCUT2D eigenvalue weighted by Gasteiger charge is -2.16. The third kappa shape index (κ3) is 3.85. The second-order valence-electron chi connectivity index (χ2n) is 4.22. The monoisotopic (exact) mass is 399 g/mol. The summed E-state index contributed by atoms with van der Waals surface area (Å²) < 4.78 is 2.24. The highest BCUT2D eigenvalue weighted by Gasteiger charge is 2.11. The average Bonchev–Trinajstić information content (AvgIpc) is 2.42. The van der Waals surface area contributed by atoms with E-state index in [0.29, 0.717) is 6.04 Å². The fourth-order valence-electron chi connectivity index (χ4n) is 1.75. The van der Waals surface area contributed by atoms with Gasteiger partial charge in [0, 0.05) is 24.8 Å². The second kappa shape index (κ2) is 6.93. The summed E-state index contributed by atoms with van der Waals surface area (Å²) in [7, 11) is 1.98. The molecule has 1 unspecified atom stereocenters. The van der Waals surface area contributed by atoms with Gasteiger partial charge in [0.2, 0.25) is 0 Å². The Labute approximate surface area is 135 Å². The van der Waals surface area contributed by atoms with Crippen LogP contribution in [0.1, 0.15) is 18.5 Å². The maximum Gasteiger partial charge on any atom is 0.0314 e. The first-order chi connectivity index (χ1) is 9.11. The van der Waals surface area contributed by atoms with Gasteiger partial charge in [0.05, 0.1) is 0 Å². The molecule has 0 heterocycles. The smallest absolute Gasteiger partial charge is 0.0314 e. The van der Waals surface area contributed by atoms with Crippen molar-refractivity contribution >= 4 is 43.6 Å². The van der Waals surface area contributed by atoms with Gasteiger partial charge in [-0.05, 0) is 65.8 Å². The molecule has 0 aliphatic rings. The van der Waals surface area contributed by atoms with Crippen molar-refractivity contribution in [2.75, 3.05) is 7.05 Å². The summed E-state index contributed by atoms with van der Waals surface area (Å²) >= 11 is 8.93. The van der Waals surface area contributed by atoms with Crippen LogP contribution in [0.2, 0.25) is 0 Å². The molecular formula is C15H15Br2NS. The van der Waals surface area contributed by atoms with Crippen LogP contribution in [0.5, 0.6) is 0 Å². The maximum absolute atomic E-state index is 3.60. The molecule has 0 saturated carbocycles. The van der Waals surface area contributed by atoms with Gasteiger partial charge in [-0.25, -0.2) is 0 Å². The van der Waals surface area contributed by atoms with E-state index in [1.807, 2.05) is 13.1 Å². The van der Waals surface area contributed by atoms with Crippen LogP contribution in [-0.2, 0) is 0 Å². The Balaban J connectivity index is 2.37. The van der Waals surface area contributed by atoms with Gasteiger partial charge in [0.25, 0.3) is 0 Å². The van der Waals surface area contributed by atoms with Gasteiger partial charge in [-0.1, -0.05) is 39.8 Å². The highest BCUT2D eigenvalue weighted by molar-refractivity contribution is 9.10. The highest BCUT2D eigenvalue weighted by atomic mass is 79.9. The van der Waals surface area contributed by atoms with E-state index in [0.717, 1.165) is 8.95 Å². The molecule has 0 fully saturated rings. The summed E-state index contributed by atoms with van der Waals surface area (Å²) in [6.45, 7) is 2.17. The summed E-state index contributed by atoms with van der Waals surface area (Å²) in [6.07, 6.45) is 0. The van der Waals surface area contributed by atoms with E-state index in [-0.39, 0.29) is 0 Å². The van der Waals surface area contributed by atoms with Crippen LogP contribution >= 0.6 is 43.6 Å². The quantitative estimate of drug-likeness (QED) is 0.712. The van der Waals surface area contributed by atoms with Crippen molar-refractivity contribution in [3.63, 3.8) is 0 Å². The van der Waals surface area contributed by atoms with Crippen LogP contribution in [0.3, 0.4) is 0 Å². The number of halogens is 2. The summed E-state index contributed by atoms with van der Waals surface area (Å²) in [5.74, 6) is 0. The van der Waals surface area contributed by atoms with Crippen molar-refractivity contribution in [1.29, 1.82) is 0 Å². The van der Waals surface area contributed by atoms with Crippen molar-refractivity contribution in [3.8, 4) is 0 Å². The lowest BCUT2D eigenvalue weighted by molar-refractivity contribution is 0.641. The first-order valence-electron chi connectivity index (χ1n) is 6.01. The molecule has 0 aliphatic heterocycles. The molecule has 2 rings (SSSR count). The van der Waals surface area contributed by atoms with Crippen molar-refractivity contribution < 1.29 is 0 Å². The van der Waals surface area contributed by atoms with Crippen LogP contribution in [0.4, 0.5) is 0 Å². The van der Waals surface area contributed by atoms with Crippen LogP contribution in [0.25, 0.3) is 0 Å². The molecule has 0 radical (unpaired) electrons.